The topological polar surface area (TPSA) is 344 Å². The van der Waals surface area contributed by atoms with Gasteiger partial charge in [0.05, 0.1) is 20.9 Å². The summed E-state index contributed by atoms with van der Waals surface area (Å²) < 4.78 is 55.2. The molecule has 0 aromatic heterocycles. The fourth-order valence-corrected chi connectivity index (χ4v) is 9.27. The third-order valence-corrected chi connectivity index (χ3v) is 11.5. The fourth-order valence-electron chi connectivity index (χ4n) is 6.60. The number of rotatable bonds is 14. The van der Waals surface area contributed by atoms with Gasteiger partial charge in [-0.1, -0.05) is 23.5 Å². The number of carbonyl (C=O) groups is 10. The molecular weight excluding hydrogens is 905 g/mol. The average molecular weight is 947 g/mol. The maximum Gasteiger partial charge on any atom is 0.303 e. The highest BCUT2D eigenvalue weighted by molar-refractivity contribution is 8.03. The number of thioether (sulfide) groups is 2. The van der Waals surface area contributed by atoms with Crippen molar-refractivity contribution in [2.24, 2.45) is 0 Å². The third-order valence-electron chi connectivity index (χ3n) is 8.83. The van der Waals surface area contributed by atoms with E-state index in [1.807, 2.05) is 0 Å². The van der Waals surface area contributed by atoms with Crippen LogP contribution in [0.25, 0.3) is 5.76 Å². The number of hydrogen-bond acceptors (Lipinski definition) is 26. The lowest BCUT2D eigenvalue weighted by Crippen LogP contribution is -2.61. The molecule has 10 atom stereocenters. The van der Waals surface area contributed by atoms with Crippen molar-refractivity contribution < 1.29 is 116 Å². The van der Waals surface area contributed by atoms with Crippen LogP contribution < -0.4 is 0 Å². The number of phenolic OH excluding ortho intramolecular Hbond substituents is 2. The minimum absolute atomic E-state index is 0.275. The van der Waals surface area contributed by atoms with Crippen LogP contribution in [0.3, 0.4) is 0 Å². The Morgan fingerprint density at radius 1 is 0.438 bits per heavy atom. The number of aliphatic hydroxyl groups is 2. The molecule has 0 bridgehead atoms. The molecule has 1 aromatic carbocycles. The molecule has 1 aliphatic carbocycles. The summed E-state index contributed by atoms with van der Waals surface area (Å²) >= 11 is 0.563. The molecule has 64 heavy (non-hydrogen) atoms. The van der Waals surface area contributed by atoms with Crippen molar-refractivity contribution in [1.82, 2.24) is 0 Å². The number of benzene rings is 1. The van der Waals surface area contributed by atoms with Gasteiger partial charge in [-0.05, 0) is 0 Å². The van der Waals surface area contributed by atoms with Crippen LogP contribution in [-0.2, 0) is 90.5 Å². The summed E-state index contributed by atoms with van der Waals surface area (Å²) in [5.74, 6) is -16.5. The number of hydrogen-bond donors (Lipinski definition) is 4. The van der Waals surface area contributed by atoms with E-state index in [-0.39, 0.29) is 23.5 Å². The molecule has 24 nitrogen and oxygen atoms in total. The Morgan fingerprint density at radius 3 is 1.08 bits per heavy atom. The lowest BCUT2D eigenvalue weighted by Gasteiger charge is -2.45. The average Bonchev–Trinajstić information content (AvgIpc) is 3.17. The minimum atomic E-state index is -1.85. The zero-order valence-corrected chi connectivity index (χ0v) is 36.6. The summed E-state index contributed by atoms with van der Waals surface area (Å²) in [6, 6.07) is 0. The minimum Gasteiger partial charge on any atom is -0.506 e. The van der Waals surface area contributed by atoms with Gasteiger partial charge in [-0.25, -0.2) is 0 Å². The summed E-state index contributed by atoms with van der Waals surface area (Å²) in [5, 5.41) is 45.3. The van der Waals surface area contributed by atoms with Crippen molar-refractivity contribution in [2.45, 2.75) is 125 Å². The first-order valence-electron chi connectivity index (χ1n) is 18.6. The number of aliphatic hydroxyl groups excluding tert-OH is 2. The number of Topliss-reactive ketones (excluding diaryl/α,β-unsaturated/α-hetero) is 2. The largest absolute Gasteiger partial charge is 0.506 e. The summed E-state index contributed by atoms with van der Waals surface area (Å²) in [4.78, 5) is 124. The second kappa shape index (κ2) is 21.0. The van der Waals surface area contributed by atoms with Gasteiger partial charge in [0.2, 0.25) is 11.5 Å². The molecule has 0 radical (unpaired) electrons. The van der Waals surface area contributed by atoms with Crippen molar-refractivity contribution in [3.63, 3.8) is 0 Å². The van der Waals surface area contributed by atoms with E-state index in [1.54, 1.807) is 0 Å². The molecule has 3 aliphatic rings. The van der Waals surface area contributed by atoms with Crippen LogP contribution in [-0.4, -0.2) is 153 Å². The van der Waals surface area contributed by atoms with Gasteiger partial charge >= 0.3 is 47.8 Å². The number of ketones is 2. The third kappa shape index (κ3) is 11.7. The van der Waals surface area contributed by atoms with Crippen LogP contribution in [0.5, 0.6) is 11.5 Å². The van der Waals surface area contributed by atoms with Gasteiger partial charge < -0.3 is 67.8 Å². The van der Waals surface area contributed by atoms with Crippen molar-refractivity contribution >= 4 is 88.6 Å². The Hall–Kier alpha value is -6.12. The fraction of sp³-hybridized carbons (Fsp3) is 0.526. The van der Waals surface area contributed by atoms with Crippen LogP contribution in [0.2, 0.25) is 0 Å². The Bertz CT molecular complexity index is 2150. The highest BCUT2D eigenvalue weighted by Gasteiger charge is 2.55. The van der Waals surface area contributed by atoms with Gasteiger partial charge in [0.1, 0.15) is 47.8 Å². The second-order valence-electron chi connectivity index (χ2n) is 13.8. The van der Waals surface area contributed by atoms with Crippen LogP contribution in [0.1, 0.15) is 71.3 Å². The van der Waals surface area contributed by atoms with Crippen LogP contribution in [0.4, 0.5) is 0 Å². The molecule has 0 amide bonds. The summed E-state index contributed by atoms with van der Waals surface area (Å²) in [7, 11) is 0. The van der Waals surface area contributed by atoms with Crippen LogP contribution in [0, 0.1) is 0 Å². The van der Waals surface area contributed by atoms with Crippen molar-refractivity contribution in [1.29, 1.82) is 0 Å². The van der Waals surface area contributed by atoms with Crippen LogP contribution in [0.15, 0.2) is 15.6 Å². The smallest absolute Gasteiger partial charge is 0.303 e. The molecule has 0 spiro atoms. The van der Waals surface area contributed by atoms with Gasteiger partial charge in [-0.2, -0.15) is 0 Å². The van der Waals surface area contributed by atoms with E-state index in [1.165, 1.54) is 0 Å². The summed E-state index contributed by atoms with van der Waals surface area (Å²) in [5.41, 5.74) is -5.72. The Labute approximate surface area is 370 Å². The standard InChI is InChI=1S/C38H42O24S2/c1-11(39)53-9-19-29(55-13(3)41)31(57-15(5)43)33(59-17(7)45)37(61-19)63-35-25(49)21-22(24(48)28(52)27(51)23(21)47)26(50)36(35)64-38-34(60-18(8)46)32(58-16(6)44)30(56-14(4)42)20(62-38)10-54-12(2)40/h19-20,29-34,37-38,47,49-51H,9-10H2,1-8H3. The normalized spacial score (nSPS) is 26.4. The van der Waals surface area contributed by atoms with Gasteiger partial charge in [0.15, 0.2) is 42.4 Å². The van der Waals surface area contributed by atoms with Gasteiger partial charge in [0, 0.05) is 55.4 Å². The predicted molar refractivity (Wildman–Crippen MR) is 207 cm³/mol. The highest BCUT2D eigenvalue weighted by atomic mass is 32.2. The number of ether oxygens (including phenoxy) is 10. The van der Waals surface area contributed by atoms with E-state index in [9.17, 15) is 68.4 Å². The first-order valence-corrected chi connectivity index (χ1v) is 20.4. The first kappa shape index (κ1) is 50.5. The highest BCUT2D eigenvalue weighted by Crippen LogP contribution is 2.55. The SMILES string of the molecule is CC(=O)OCC1OC(Sc2c(O)c3c(c(O)c2SC2OC(COC(C)=O)C(OC(C)=O)C(OC(C)=O)C2OC(C)=O)C(O)=C(O)C(=O)C3=O)C(OC(C)=O)C(OC(C)=O)C1OC(C)=O. The molecule has 10 unspecified atom stereocenters. The number of phenols is 2. The molecule has 2 aliphatic heterocycles. The Kier molecular flexibility index (Phi) is 16.6. The van der Waals surface area contributed by atoms with Crippen molar-refractivity contribution in [3.8, 4) is 11.5 Å². The lowest BCUT2D eigenvalue weighted by atomic mass is 9.91. The van der Waals surface area contributed by atoms with E-state index in [4.69, 9.17) is 47.4 Å². The summed E-state index contributed by atoms with van der Waals surface area (Å²) in [6.07, 6.45) is -13.7. The van der Waals surface area contributed by atoms with Crippen molar-refractivity contribution in [2.75, 3.05) is 13.2 Å². The number of allylic oxidation sites excluding steroid dienone is 1. The van der Waals surface area contributed by atoms with E-state index < -0.39 is 176 Å². The second-order valence-corrected chi connectivity index (χ2v) is 16.0. The number of esters is 8. The number of carbonyl (C=O) groups excluding carboxylic acids is 10. The maximum atomic E-state index is 13.4. The molecular formula is C38H42O24S2. The monoisotopic (exact) mass is 946 g/mol. The molecule has 4 rings (SSSR count). The molecule has 0 saturated carbocycles. The molecule has 2 fully saturated rings. The van der Waals surface area contributed by atoms with Gasteiger partial charge in [0.25, 0.3) is 5.78 Å². The molecule has 2 saturated heterocycles. The van der Waals surface area contributed by atoms with Gasteiger partial charge in [-0.3, -0.25) is 47.9 Å². The summed E-state index contributed by atoms with van der Waals surface area (Å²) in [6.45, 7) is 6.32. The Balaban J connectivity index is 2.05. The van der Waals surface area contributed by atoms with E-state index in [0.29, 0.717) is 0 Å². The van der Waals surface area contributed by atoms with E-state index in [2.05, 4.69) is 0 Å². The van der Waals surface area contributed by atoms with Crippen LogP contribution >= 0.6 is 23.5 Å². The molecule has 4 N–H and O–H groups in total. The van der Waals surface area contributed by atoms with E-state index >= 15 is 0 Å². The number of fused-ring (bicyclic) bond motifs is 1. The van der Waals surface area contributed by atoms with Crippen molar-refractivity contribution in [3.05, 3.63) is 16.9 Å². The molecule has 1 aromatic rings. The maximum absolute atomic E-state index is 13.4. The van der Waals surface area contributed by atoms with Gasteiger partial charge in [-0.15, -0.1) is 0 Å². The van der Waals surface area contributed by atoms with E-state index in [0.717, 1.165) is 55.4 Å². The zero-order chi connectivity index (χ0) is 48.1. The Morgan fingerprint density at radius 2 is 0.750 bits per heavy atom. The predicted octanol–water partition coefficient (Wildman–Crippen LogP) is 0.998. The lowest BCUT2D eigenvalue weighted by molar-refractivity contribution is -0.237. The molecule has 26 heteroatoms. The molecule has 350 valence electrons. The molecule has 2 heterocycles. The quantitative estimate of drug-likeness (QED) is 0.0874. The first-order chi connectivity index (χ1) is 29.8. The number of aromatic hydroxyl groups is 2. The zero-order valence-electron chi connectivity index (χ0n) is 35.0.